The summed E-state index contributed by atoms with van der Waals surface area (Å²) in [6, 6.07) is 13.5. The fourth-order valence-electron chi connectivity index (χ4n) is 3.80. The highest BCUT2D eigenvalue weighted by atomic mass is 32.2. The van der Waals surface area contributed by atoms with Crippen LogP contribution in [0.1, 0.15) is 27.2 Å². The predicted octanol–water partition coefficient (Wildman–Crippen LogP) is 3.57. The Morgan fingerprint density at radius 3 is 2.18 bits per heavy atom. The molecule has 0 bridgehead atoms. The molecule has 0 aliphatic carbocycles. The summed E-state index contributed by atoms with van der Waals surface area (Å²) < 4.78 is 64.4. The van der Waals surface area contributed by atoms with Gasteiger partial charge in [0.1, 0.15) is 0 Å². The van der Waals surface area contributed by atoms with Crippen molar-refractivity contribution in [1.29, 1.82) is 0 Å². The zero-order chi connectivity index (χ0) is 29.1. The van der Waals surface area contributed by atoms with E-state index < -0.39 is 44.4 Å². The van der Waals surface area contributed by atoms with Crippen molar-refractivity contribution < 1.29 is 31.5 Å². The van der Waals surface area contributed by atoms with Gasteiger partial charge < -0.3 is 15.6 Å². The number of aromatic nitrogens is 3. The highest BCUT2D eigenvalue weighted by molar-refractivity contribution is 7.90. The predicted molar refractivity (Wildman–Crippen MR) is 136 cm³/mol. The molecule has 39 heavy (non-hydrogen) atoms. The summed E-state index contributed by atoms with van der Waals surface area (Å²) in [4.78, 5) is 24.4. The topological polar surface area (TPSA) is 138 Å². The van der Waals surface area contributed by atoms with Crippen LogP contribution in [0.5, 0.6) is 0 Å². The van der Waals surface area contributed by atoms with Crippen LogP contribution in [0, 0.1) is 6.92 Å². The monoisotopic (exact) mass is 560 g/mol. The van der Waals surface area contributed by atoms with Crippen LogP contribution in [0.2, 0.25) is 0 Å². The zero-order valence-electron chi connectivity index (χ0n) is 21.0. The molecule has 0 fully saturated rings. The molecule has 1 N–H and O–H groups in total. The lowest BCUT2D eigenvalue weighted by atomic mass is 10.0. The third kappa shape index (κ3) is 6.44. The van der Waals surface area contributed by atoms with Gasteiger partial charge in [-0.2, -0.15) is 18.3 Å². The molecule has 0 amide bonds. The number of nitrogens with one attached hydrogen (secondary N) is 1. The number of carboxylic acid groups (broad SMARTS) is 1. The SMILES string of the molecule is CS(=O)(=O)c1ccc(C[NH-])cc1.Cc1c(-c2ccnn2C)cc(C(=O)[O-])c(=O)n1-c1ccccc1C(F)(F)F. The van der Waals surface area contributed by atoms with Gasteiger partial charge in [-0.1, -0.05) is 29.8 Å². The fraction of sp³-hybridized carbons (Fsp3) is 0.192. The Bertz CT molecular complexity index is 1680. The molecule has 0 aliphatic heterocycles. The van der Waals surface area contributed by atoms with Crippen LogP contribution in [0.25, 0.3) is 22.7 Å². The van der Waals surface area contributed by atoms with E-state index in [0.29, 0.717) is 10.6 Å². The second-order valence-corrected chi connectivity index (χ2v) is 10.4. The van der Waals surface area contributed by atoms with Gasteiger partial charge in [-0.25, -0.2) is 8.42 Å². The van der Waals surface area contributed by atoms with E-state index in [9.17, 15) is 36.3 Å². The number of benzene rings is 2. The summed E-state index contributed by atoms with van der Waals surface area (Å²) in [5.74, 6) is -1.78. The molecule has 2 heterocycles. The zero-order valence-corrected chi connectivity index (χ0v) is 21.8. The Balaban J connectivity index is 0.000000293. The third-order valence-electron chi connectivity index (χ3n) is 5.77. The van der Waals surface area contributed by atoms with Crippen molar-refractivity contribution >= 4 is 15.8 Å². The van der Waals surface area contributed by atoms with Crippen LogP contribution in [0.4, 0.5) is 13.2 Å². The van der Waals surface area contributed by atoms with Crippen molar-refractivity contribution in [3.05, 3.63) is 105 Å². The van der Waals surface area contributed by atoms with E-state index in [-0.39, 0.29) is 17.8 Å². The molecule has 0 atom stereocenters. The summed E-state index contributed by atoms with van der Waals surface area (Å²) in [6.07, 6.45) is -2.11. The van der Waals surface area contributed by atoms with E-state index in [0.717, 1.165) is 28.3 Å². The van der Waals surface area contributed by atoms with Crippen molar-refractivity contribution in [3.63, 3.8) is 0 Å². The first-order chi connectivity index (χ1) is 18.2. The molecule has 0 radical (unpaired) electrons. The van der Waals surface area contributed by atoms with Gasteiger partial charge in [0.25, 0.3) is 5.56 Å². The van der Waals surface area contributed by atoms with Gasteiger partial charge in [0.15, 0.2) is 9.84 Å². The second-order valence-electron chi connectivity index (χ2n) is 8.43. The van der Waals surface area contributed by atoms with Crippen LogP contribution in [-0.4, -0.2) is 35.0 Å². The molecule has 0 unspecified atom stereocenters. The number of carbonyl (C=O) groups is 1. The van der Waals surface area contributed by atoms with Gasteiger partial charge in [-0.3, -0.25) is 14.0 Å². The van der Waals surface area contributed by atoms with Crippen molar-refractivity contribution in [2.24, 2.45) is 7.05 Å². The minimum Gasteiger partial charge on any atom is -0.674 e. The van der Waals surface area contributed by atoms with Crippen molar-refractivity contribution in [3.8, 4) is 16.9 Å². The summed E-state index contributed by atoms with van der Waals surface area (Å²) in [7, 11) is -1.50. The number of para-hydroxylation sites is 1. The summed E-state index contributed by atoms with van der Waals surface area (Å²) >= 11 is 0. The lowest BCUT2D eigenvalue weighted by Gasteiger charge is -2.20. The van der Waals surface area contributed by atoms with E-state index in [1.165, 1.54) is 48.3 Å². The van der Waals surface area contributed by atoms with Gasteiger partial charge >= 0.3 is 6.18 Å². The van der Waals surface area contributed by atoms with E-state index in [1.807, 2.05) is 0 Å². The minimum absolute atomic E-state index is 0.144. The number of carboxylic acids is 1. The van der Waals surface area contributed by atoms with Crippen LogP contribution < -0.4 is 10.7 Å². The Kier molecular flexibility index (Phi) is 8.46. The van der Waals surface area contributed by atoms with E-state index in [2.05, 4.69) is 5.10 Å². The number of halogens is 3. The van der Waals surface area contributed by atoms with Crippen LogP contribution >= 0.6 is 0 Å². The number of pyridine rings is 1. The van der Waals surface area contributed by atoms with Crippen molar-refractivity contribution in [1.82, 2.24) is 14.3 Å². The molecular formula is C26H23F3N4O5S-2. The largest absolute Gasteiger partial charge is 0.674 e. The summed E-state index contributed by atoms with van der Waals surface area (Å²) in [6.45, 7) is 1.62. The smallest absolute Gasteiger partial charge is 0.418 e. The van der Waals surface area contributed by atoms with E-state index in [1.54, 1.807) is 25.2 Å². The number of rotatable bonds is 5. The molecule has 4 aromatic rings. The second kappa shape index (κ2) is 11.3. The van der Waals surface area contributed by atoms with Gasteiger partial charge in [0.05, 0.1) is 33.4 Å². The molecule has 0 aliphatic rings. The molecule has 0 saturated heterocycles. The maximum Gasteiger partial charge on any atom is 0.418 e. The fourth-order valence-corrected chi connectivity index (χ4v) is 4.43. The quantitative estimate of drug-likeness (QED) is 0.366. The average Bonchev–Trinajstić information content (AvgIpc) is 3.29. The number of aryl methyl sites for hydroxylation is 1. The first kappa shape index (κ1) is 29.3. The highest BCUT2D eigenvalue weighted by Gasteiger charge is 2.34. The Morgan fingerprint density at radius 1 is 1.08 bits per heavy atom. The summed E-state index contributed by atoms with van der Waals surface area (Å²) in [5, 5.41) is 15.4. The molecule has 4 rings (SSSR count). The number of alkyl halides is 3. The number of carbonyl (C=O) groups excluding carboxylic acids is 1. The van der Waals surface area contributed by atoms with Crippen molar-refractivity contribution in [2.45, 2.75) is 24.5 Å². The molecule has 0 spiro atoms. The number of hydrogen-bond donors (Lipinski definition) is 0. The number of aromatic carboxylic acids is 1. The molecule has 2 aromatic carbocycles. The Labute approximate surface area is 221 Å². The van der Waals surface area contributed by atoms with Crippen molar-refractivity contribution in [2.75, 3.05) is 6.26 Å². The highest BCUT2D eigenvalue weighted by Crippen LogP contribution is 2.34. The standard InChI is InChI=1S/C18H14F3N3O3.C8H10NO2S/c1-10-11(14-7-8-22-23(14)2)9-12(17(26)27)16(25)24(10)15-6-4-3-5-13(15)18(19,20)21;1-12(10,11)8-4-2-7(6-9)3-5-8/h3-9H,1-2H3,(H,26,27);2-5,9H,6H2,1H3/q;-1/p-1. The van der Waals surface area contributed by atoms with Gasteiger partial charge in [0.2, 0.25) is 0 Å². The lowest BCUT2D eigenvalue weighted by Crippen LogP contribution is -2.35. The normalized spacial score (nSPS) is 11.6. The lowest BCUT2D eigenvalue weighted by molar-refractivity contribution is -0.255. The maximum atomic E-state index is 13.4. The molecule has 9 nitrogen and oxygen atoms in total. The first-order valence-electron chi connectivity index (χ1n) is 11.2. The number of nitrogens with zero attached hydrogens (tertiary/aromatic N) is 3. The minimum atomic E-state index is -4.73. The summed E-state index contributed by atoms with van der Waals surface area (Å²) in [5.41, 5.74) is 5.32. The Hall–Kier alpha value is -4.23. The van der Waals surface area contributed by atoms with Gasteiger partial charge in [-0.05, 0) is 43.3 Å². The molecule has 13 heteroatoms. The average molecular weight is 561 g/mol. The third-order valence-corrected chi connectivity index (χ3v) is 6.90. The molecule has 2 aromatic heterocycles. The first-order valence-corrected chi connectivity index (χ1v) is 13.1. The molecule has 0 saturated carbocycles. The number of hydrogen-bond acceptors (Lipinski definition) is 6. The molecule has 206 valence electrons. The van der Waals surface area contributed by atoms with Gasteiger partial charge in [-0.15, -0.1) is 6.54 Å². The number of sulfone groups is 1. The van der Waals surface area contributed by atoms with Crippen LogP contribution in [-0.2, 0) is 29.6 Å². The van der Waals surface area contributed by atoms with E-state index in [4.69, 9.17) is 5.73 Å². The Morgan fingerprint density at radius 2 is 1.69 bits per heavy atom. The van der Waals surface area contributed by atoms with Crippen LogP contribution in [0.3, 0.4) is 0 Å². The van der Waals surface area contributed by atoms with E-state index >= 15 is 0 Å². The molecular weight excluding hydrogens is 537 g/mol. The van der Waals surface area contributed by atoms with Gasteiger partial charge in [0, 0.05) is 30.8 Å². The maximum absolute atomic E-state index is 13.4. The van der Waals surface area contributed by atoms with Crippen LogP contribution in [0.15, 0.2) is 76.6 Å².